The van der Waals surface area contributed by atoms with Crippen LogP contribution in [0.15, 0.2) is 18.2 Å². The number of fused-ring (bicyclic) bond motifs is 1. The highest BCUT2D eigenvalue weighted by molar-refractivity contribution is 5.37. The number of likely N-dealkylation sites (N-methyl/N-ethyl adjacent to an activating group) is 1. The lowest BCUT2D eigenvalue weighted by atomic mass is 9.88. The van der Waals surface area contributed by atoms with E-state index in [9.17, 15) is 0 Å². The van der Waals surface area contributed by atoms with Gasteiger partial charge in [-0.25, -0.2) is 0 Å². The Bertz CT molecular complexity index is 433. The van der Waals surface area contributed by atoms with E-state index in [1.807, 2.05) is 0 Å². The van der Waals surface area contributed by atoms with Gasteiger partial charge in [0, 0.05) is 19.1 Å². The molecule has 0 saturated heterocycles. The van der Waals surface area contributed by atoms with Crippen LogP contribution in [0.3, 0.4) is 0 Å². The molecule has 0 spiro atoms. The number of nitrogens with zero attached hydrogens (tertiary/aromatic N) is 1. The minimum atomic E-state index is 0.616. The Morgan fingerprint density at radius 1 is 1.24 bits per heavy atom. The second kappa shape index (κ2) is 8.40. The number of ether oxygens (including phenoxy) is 1. The van der Waals surface area contributed by atoms with Crippen LogP contribution in [0.2, 0.25) is 0 Å². The van der Waals surface area contributed by atoms with E-state index in [1.165, 1.54) is 36.9 Å². The van der Waals surface area contributed by atoms with Crippen LogP contribution in [-0.2, 0) is 12.8 Å². The third-order valence-electron chi connectivity index (χ3n) is 4.49. The van der Waals surface area contributed by atoms with Crippen LogP contribution in [0, 0.1) is 0 Å². The van der Waals surface area contributed by atoms with Crippen LogP contribution in [0.25, 0.3) is 0 Å². The Morgan fingerprint density at radius 2 is 2.10 bits per heavy atom. The summed E-state index contributed by atoms with van der Waals surface area (Å²) in [4.78, 5) is 2.52. The highest BCUT2D eigenvalue weighted by atomic mass is 16.5. The standard InChI is InChI=1S/C18H30N2O/c1-4-11-20(5-2)12-10-19-17-8-6-15-7-9-18(21-3)14-16(15)13-17/h7,9,14,17,19H,4-6,8,10-13H2,1-3H3. The van der Waals surface area contributed by atoms with Gasteiger partial charge in [-0.2, -0.15) is 0 Å². The molecule has 21 heavy (non-hydrogen) atoms. The van der Waals surface area contributed by atoms with Gasteiger partial charge in [0.05, 0.1) is 7.11 Å². The van der Waals surface area contributed by atoms with Crippen molar-refractivity contribution >= 4 is 0 Å². The zero-order valence-corrected chi connectivity index (χ0v) is 13.8. The van der Waals surface area contributed by atoms with Gasteiger partial charge in [-0.3, -0.25) is 0 Å². The lowest BCUT2D eigenvalue weighted by Crippen LogP contribution is -2.40. The monoisotopic (exact) mass is 290 g/mol. The normalized spacial score (nSPS) is 17.8. The van der Waals surface area contributed by atoms with Crippen molar-refractivity contribution in [1.82, 2.24) is 10.2 Å². The summed E-state index contributed by atoms with van der Waals surface area (Å²) in [6.07, 6.45) is 4.81. The van der Waals surface area contributed by atoms with E-state index in [2.05, 4.69) is 42.3 Å². The summed E-state index contributed by atoms with van der Waals surface area (Å²) in [5, 5.41) is 3.74. The van der Waals surface area contributed by atoms with Crippen molar-refractivity contribution < 1.29 is 4.74 Å². The SMILES string of the molecule is CCCN(CC)CCNC1CCc2ccc(OC)cc2C1. The van der Waals surface area contributed by atoms with Crippen LogP contribution in [-0.4, -0.2) is 44.2 Å². The Labute approximate surface area is 129 Å². The highest BCUT2D eigenvalue weighted by Gasteiger charge is 2.18. The Balaban J connectivity index is 1.81. The minimum absolute atomic E-state index is 0.616. The van der Waals surface area contributed by atoms with Crippen molar-refractivity contribution in [1.29, 1.82) is 0 Å². The summed E-state index contributed by atoms with van der Waals surface area (Å²) in [7, 11) is 1.74. The predicted molar refractivity (Wildman–Crippen MR) is 89.2 cm³/mol. The first-order valence-corrected chi connectivity index (χ1v) is 8.38. The van der Waals surface area contributed by atoms with E-state index in [-0.39, 0.29) is 0 Å². The molecule has 2 rings (SSSR count). The van der Waals surface area contributed by atoms with Crippen molar-refractivity contribution in [3.05, 3.63) is 29.3 Å². The van der Waals surface area contributed by atoms with Crippen molar-refractivity contribution in [2.75, 3.05) is 33.3 Å². The number of hydrogen-bond donors (Lipinski definition) is 1. The number of nitrogens with one attached hydrogen (secondary N) is 1. The molecule has 0 fully saturated rings. The van der Waals surface area contributed by atoms with Gasteiger partial charge in [-0.15, -0.1) is 0 Å². The average molecular weight is 290 g/mol. The average Bonchev–Trinajstić information content (AvgIpc) is 2.53. The molecule has 0 bridgehead atoms. The largest absolute Gasteiger partial charge is 0.497 e. The lowest BCUT2D eigenvalue weighted by Gasteiger charge is -2.27. The van der Waals surface area contributed by atoms with Crippen LogP contribution < -0.4 is 10.1 Å². The highest BCUT2D eigenvalue weighted by Crippen LogP contribution is 2.25. The minimum Gasteiger partial charge on any atom is -0.497 e. The first kappa shape index (κ1) is 16.3. The number of aryl methyl sites for hydroxylation is 1. The molecular formula is C18H30N2O. The van der Waals surface area contributed by atoms with E-state index in [0.717, 1.165) is 31.8 Å². The Morgan fingerprint density at radius 3 is 2.81 bits per heavy atom. The van der Waals surface area contributed by atoms with Crippen molar-refractivity contribution in [2.24, 2.45) is 0 Å². The summed E-state index contributed by atoms with van der Waals surface area (Å²) in [5.41, 5.74) is 2.95. The van der Waals surface area contributed by atoms with Crippen LogP contribution in [0.1, 0.15) is 37.8 Å². The quantitative estimate of drug-likeness (QED) is 0.797. The molecule has 3 heteroatoms. The molecule has 0 radical (unpaired) electrons. The fraction of sp³-hybridized carbons (Fsp3) is 0.667. The molecular weight excluding hydrogens is 260 g/mol. The third-order valence-corrected chi connectivity index (χ3v) is 4.49. The maximum atomic E-state index is 5.34. The Kier molecular flexibility index (Phi) is 6.52. The van der Waals surface area contributed by atoms with E-state index in [0.29, 0.717) is 6.04 Å². The van der Waals surface area contributed by atoms with E-state index in [4.69, 9.17) is 4.74 Å². The number of hydrogen-bond acceptors (Lipinski definition) is 3. The van der Waals surface area contributed by atoms with Gasteiger partial charge in [0.1, 0.15) is 5.75 Å². The molecule has 1 N–H and O–H groups in total. The molecule has 118 valence electrons. The summed E-state index contributed by atoms with van der Waals surface area (Å²) >= 11 is 0. The smallest absolute Gasteiger partial charge is 0.119 e. The van der Waals surface area contributed by atoms with E-state index in [1.54, 1.807) is 7.11 Å². The Hall–Kier alpha value is -1.06. The van der Waals surface area contributed by atoms with Crippen LogP contribution >= 0.6 is 0 Å². The second-order valence-corrected chi connectivity index (χ2v) is 5.96. The molecule has 1 unspecified atom stereocenters. The van der Waals surface area contributed by atoms with E-state index >= 15 is 0 Å². The van der Waals surface area contributed by atoms with Crippen molar-refractivity contribution in [2.45, 2.75) is 45.6 Å². The summed E-state index contributed by atoms with van der Waals surface area (Å²) in [6.45, 7) is 9.12. The summed E-state index contributed by atoms with van der Waals surface area (Å²) in [6, 6.07) is 7.13. The summed E-state index contributed by atoms with van der Waals surface area (Å²) < 4.78 is 5.34. The van der Waals surface area contributed by atoms with E-state index < -0.39 is 0 Å². The molecule has 0 aliphatic heterocycles. The first-order chi connectivity index (χ1) is 10.3. The molecule has 1 aliphatic rings. The molecule has 1 aliphatic carbocycles. The fourth-order valence-corrected chi connectivity index (χ4v) is 3.21. The van der Waals surface area contributed by atoms with Crippen LogP contribution in [0.4, 0.5) is 0 Å². The topological polar surface area (TPSA) is 24.5 Å². The molecule has 0 aromatic heterocycles. The molecule has 0 saturated carbocycles. The number of methoxy groups -OCH3 is 1. The second-order valence-electron chi connectivity index (χ2n) is 5.96. The van der Waals surface area contributed by atoms with Gasteiger partial charge < -0.3 is 15.0 Å². The van der Waals surface area contributed by atoms with Crippen molar-refractivity contribution in [3.63, 3.8) is 0 Å². The third kappa shape index (κ3) is 4.72. The zero-order chi connectivity index (χ0) is 15.1. The van der Waals surface area contributed by atoms with Gasteiger partial charge in [0.15, 0.2) is 0 Å². The molecule has 1 aromatic rings. The molecule has 3 nitrogen and oxygen atoms in total. The molecule has 0 amide bonds. The first-order valence-electron chi connectivity index (χ1n) is 8.38. The predicted octanol–water partition coefficient (Wildman–Crippen LogP) is 2.87. The lowest BCUT2D eigenvalue weighted by molar-refractivity contribution is 0.279. The maximum absolute atomic E-state index is 5.34. The molecule has 0 heterocycles. The zero-order valence-electron chi connectivity index (χ0n) is 13.8. The van der Waals surface area contributed by atoms with Gasteiger partial charge in [0.25, 0.3) is 0 Å². The van der Waals surface area contributed by atoms with Gasteiger partial charge in [-0.1, -0.05) is 19.9 Å². The van der Waals surface area contributed by atoms with Gasteiger partial charge >= 0.3 is 0 Å². The number of rotatable bonds is 8. The summed E-state index contributed by atoms with van der Waals surface area (Å²) in [5.74, 6) is 0.981. The molecule has 1 atom stereocenters. The number of benzene rings is 1. The van der Waals surface area contributed by atoms with Crippen LogP contribution in [0.5, 0.6) is 5.75 Å². The van der Waals surface area contributed by atoms with Gasteiger partial charge in [0.2, 0.25) is 0 Å². The molecule has 1 aromatic carbocycles. The fourth-order valence-electron chi connectivity index (χ4n) is 3.21. The van der Waals surface area contributed by atoms with Crippen molar-refractivity contribution in [3.8, 4) is 5.75 Å². The van der Waals surface area contributed by atoms with Gasteiger partial charge in [-0.05, 0) is 62.0 Å². The maximum Gasteiger partial charge on any atom is 0.119 e.